The Labute approximate surface area is 175 Å². The van der Waals surface area contributed by atoms with Gasteiger partial charge in [-0.1, -0.05) is 17.7 Å². The van der Waals surface area contributed by atoms with E-state index < -0.39 is 0 Å². The van der Waals surface area contributed by atoms with Gasteiger partial charge in [0.05, 0.1) is 34.5 Å². The highest BCUT2D eigenvalue weighted by atomic mass is 35.5. The number of carbonyl (C=O) groups excluding carboxylic acids is 1. The molecule has 1 aliphatic heterocycles. The predicted octanol–water partition coefficient (Wildman–Crippen LogP) is 4.79. The zero-order valence-electron chi connectivity index (χ0n) is 17.1. The number of methoxy groups -OCH3 is 1. The van der Waals surface area contributed by atoms with Crippen LogP contribution in [0, 0.1) is 6.92 Å². The van der Waals surface area contributed by atoms with Gasteiger partial charge in [-0.2, -0.15) is 5.10 Å². The molecule has 0 saturated carbocycles. The highest BCUT2D eigenvalue weighted by Crippen LogP contribution is 2.33. The molecule has 2 atom stereocenters. The molecule has 29 heavy (non-hydrogen) atoms. The molecule has 1 amide bonds. The molecule has 6 nitrogen and oxygen atoms in total. The molecule has 0 aliphatic carbocycles. The monoisotopic (exact) mass is 412 g/mol. The van der Waals surface area contributed by atoms with Crippen molar-refractivity contribution < 1.29 is 9.53 Å². The molecule has 1 aliphatic rings. The van der Waals surface area contributed by atoms with Gasteiger partial charge in [0.15, 0.2) is 5.65 Å². The fourth-order valence-corrected chi connectivity index (χ4v) is 4.59. The summed E-state index contributed by atoms with van der Waals surface area (Å²) in [5, 5.41) is 5.75. The van der Waals surface area contributed by atoms with Crippen molar-refractivity contribution in [3.63, 3.8) is 0 Å². The van der Waals surface area contributed by atoms with Crippen LogP contribution in [0.1, 0.15) is 49.2 Å². The summed E-state index contributed by atoms with van der Waals surface area (Å²) in [4.78, 5) is 19.8. The molecular formula is C22H25ClN4O2. The van der Waals surface area contributed by atoms with Gasteiger partial charge in [-0.25, -0.2) is 9.67 Å². The molecule has 7 heteroatoms. The van der Waals surface area contributed by atoms with Crippen LogP contribution < -0.4 is 4.74 Å². The van der Waals surface area contributed by atoms with E-state index in [4.69, 9.17) is 16.3 Å². The summed E-state index contributed by atoms with van der Waals surface area (Å²) < 4.78 is 7.05. The minimum Gasteiger partial charge on any atom is -0.497 e. The Hall–Kier alpha value is -2.60. The van der Waals surface area contributed by atoms with Crippen molar-refractivity contribution in [2.75, 3.05) is 7.11 Å². The van der Waals surface area contributed by atoms with Gasteiger partial charge in [-0.05, 0) is 52.2 Å². The highest BCUT2D eigenvalue weighted by molar-refractivity contribution is 6.38. The van der Waals surface area contributed by atoms with Crippen LogP contribution in [0.3, 0.4) is 0 Å². The van der Waals surface area contributed by atoms with E-state index in [1.807, 2.05) is 36.1 Å². The first-order valence-electron chi connectivity index (χ1n) is 9.93. The summed E-state index contributed by atoms with van der Waals surface area (Å²) in [6.45, 7) is 6.08. The first-order valence-corrected chi connectivity index (χ1v) is 10.3. The number of hydrogen-bond donors (Lipinski definition) is 0. The number of likely N-dealkylation sites (tertiary alicyclic amines) is 1. The lowest BCUT2D eigenvalue weighted by molar-refractivity contribution is 0.0510. The number of halogens is 1. The number of pyridine rings is 1. The zero-order valence-corrected chi connectivity index (χ0v) is 17.9. The van der Waals surface area contributed by atoms with Crippen molar-refractivity contribution in [2.45, 2.75) is 52.1 Å². The number of benzene rings is 1. The number of aromatic nitrogens is 3. The van der Waals surface area contributed by atoms with Gasteiger partial charge >= 0.3 is 0 Å². The van der Waals surface area contributed by atoms with Crippen LogP contribution in [0.15, 0.2) is 30.5 Å². The maximum atomic E-state index is 13.3. The van der Waals surface area contributed by atoms with Gasteiger partial charge in [0.25, 0.3) is 5.91 Å². The molecule has 2 aromatic heterocycles. The smallest absolute Gasteiger partial charge is 0.257 e. The highest BCUT2D eigenvalue weighted by Gasteiger charge is 2.32. The second-order valence-corrected chi connectivity index (χ2v) is 8.10. The number of nitrogens with zero attached hydrogens (tertiary/aromatic N) is 4. The van der Waals surface area contributed by atoms with Crippen LogP contribution in [0.25, 0.3) is 16.7 Å². The van der Waals surface area contributed by atoms with Crippen molar-refractivity contribution in [1.29, 1.82) is 0 Å². The minimum absolute atomic E-state index is 0.0577. The molecular weight excluding hydrogens is 388 g/mol. The van der Waals surface area contributed by atoms with Crippen LogP contribution in [0.4, 0.5) is 0 Å². The second-order valence-electron chi connectivity index (χ2n) is 7.72. The summed E-state index contributed by atoms with van der Waals surface area (Å²) in [6, 6.07) is 7.98. The number of piperidine rings is 1. The van der Waals surface area contributed by atoms with Crippen molar-refractivity contribution in [3.05, 3.63) is 46.7 Å². The Kier molecular flexibility index (Phi) is 5.21. The summed E-state index contributed by atoms with van der Waals surface area (Å²) in [5.74, 6) is 0.674. The summed E-state index contributed by atoms with van der Waals surface area (Å²) in [6.07, 6.45) is 4.74. The Bertz CT molecular complexity index is 1070. The normalized spacial score (nSPS) is 19.6. The van der Waals surface area contributed by atoms with E-state index >= 15 is 0 Å². The van der Waals surface area contributed by atoms with E-state index in [1.54, 1.807) is 18.0 Å². The fraction of sp³-hybridized carbons (Fsp3) is 0.409. The van der Waals surface area contributed by atoms with E-state index in [1.165, 1.54) is 0 Å². The van der Waals surface area contributed by atoms with E-state index in [-0.39, 0.29) is 18.0 Å². The molecule has 0 spiro atoms. The van der Waals surface area contributed by atoms with Gasteiger partial charge in [0.2, 0.25) is 0 Å². The first kappa shape index (κ1) is 19.7. The number of carbonyl (C=O) groups is 1. The van der Waals surface area contributed by atoms with Crippen molar-refractivity contribution in [3.8, 4) is 11.4 Å². The largest absolute Gasteiger partial charge is 0.497 e. The third-order valence-corrected chi connectivity index (χ3v) is 6.16. The standard InChI is InChI=1S/C22H25ClN4O2/c1-13-7-5-8-14(2)26(13)22(28)18-12-24-21-19(20(18)23)15(3)25-27(21)16-9-6-10-17(11-16)29-4/h6,9-14H,5,7-8H2,1-4H3/t13-,14+. The van der Waals surface area contributed by atoms with Gasteiger partial charge in [0, 0.05) is 24.3 Å². The third-order valence-electron chi connectivity index (χ3n) is 5.76. The quantitative estimate of drug-likeness (QED) is 0.620. The average molecular weight is 413 g/mol. The van der Waals surface area contributed by atoms with Gasteiger partial charge < -0.3 is 9.64 Å². The SMILES string of the molecule is COc1cccc(-n2nc(C)c3c(Cl)c(C(=O)N4[C@H](C)CCC[C@@H]4C)cnc32)c1. The molecule has 1 fully saturated rings. The lowest BCUT2D eigenvalue weighted by Crippen LogP contribution is -2.47. The van der Waals surface area contributed by atoms with Crippen molar-refractivity contribution in [1.82, 2.24) is 19.7 Å². The summed E-state index contributed by atoms with van der Waals surface area (Å²) in [5.41, 5.74) is 2.61. The van der Waals surface area contributed by atoms with Crippen LogP contribution in [0.2, 0.25) is 5.02 Å². The summed E-state index contributed by atoms with van der Waals surface area (Å²) in [7, 11) is 1.63. The summed E-state index contributed by atoms with van der Waals surface area (Å²) >= 11 is 6.75. The van der Waals surface area contributed by atoms with E-state index in [0.29, 0.717) is 21.6 Å². The minimum atomic E-state index is -0.0577. The average Bonchev–Trinajstić information content (AvgIpc) is 3.05. The van der Waals surface area contributed by atoms with E-state index in [0.717, 1.165) is 36.4 Å². The molecule has 152 valence electrons. The van der Waals surface area contributed by atoms with Gasteiger partial charge in [0.1, 0.15) is 5.75 Å². The Morgan fingerprint density at radius 3 is 2.66 bits per heavy atom. The van der Waals surface area contributed by atoms with Gasteiger partial charge in [-0.15, -0.1) is 0 Å². The van der Waals surface area contributed by atoms with Crippen LogP contribution in [-0.4, -0.2) is 44.8 Å². The van der Waals surface area contributed by atoms with Crippen molar-refractivity contribution in [2.24, 2.45) is 0 Å². The molecule has 3 heterocycles. The number of rotatable bonds is 3. The molecule has 0 bridgehead atoms. The number of fused-ring (bicyclic) bond motifs is 1. The Balaban J connectivity index is 1.81. The second kappa shape index (κ2) is 7.67. The molecule has 0 N–H and O–H groups in total. The molecule has 3 aromatic rings. The van der Waals surface area contributed by atoms with Crippen molar-refractivity contribution >= 4 is 28.5 Å². The molecule has 4 rings (SSSR count). The van der Waals surface area contributed by atoms with Crippen LogP contribution in [-0.2, 0) is 0 Å². The Morgan fingerprint density at radius 2 is 1.97 bits per heavy atom. The lowest BCUT2D eigenvalue weighted by Gasteiger charge is -2.39. The maximum Gasteiger partial charge on any atom is 0.257 e. The van der Waals surface area contributed by atoms with Crippen LogP contribution in [0.5, 0.6) is 5.75 Å². The molecule has 1 aromatic carbocycles. The topological polar surface area (TPSA) is 60.3 Å². The zero-order chi connectivity index (χ0) is 20.7. The van der Waals surface area contributed by atoms with E-state index in [2.05, 4.69) is 23.9 Å². The van der Waals surface area contributed by atoms with Crippen LogP contribution >= 0.6 is 11.6 Å². The third kappa shape index (κ3) is 3.35. The van der Waals surface area contributed by atoms with Gasteiger partial charge in [-0.3, -0.25) is 4.79 Å². The molecule has 0 radical (unpaired) electrons. The number of ether oxygens (including phenoxy) is 1. The number of hydrogen-bond acceptors (Lipinski definition) is 4. The number of aryl methyl sites for hydroxylation is 1. The molecule has 0 unspecified atom stereocenters. The fourth-order valence-electron chi connectivity index (χ4n) is 4.24. The predicted molar refractivity (Wildman–Crippen MR) is 114 cm³/mol. The number of amides is 1. The first-order chi connectivity index (χ1) is 13.9. The Morgan fingerprint density at radius 1 is 1.24 bits per heavy atom. The maximum absolute atomic E-state index is 13.3. The lowest BCUT2D eigenvalue weighted by atomic mass is 9.96. The van der Waals surface area contributed by atoms with E-state index in [9.17, 15) is 4.79 Å². The molecule has 1 saturated heterocycles.